The fourth-order valence-electron chi connectivity index (χ4n) is 2.39. The Hall–Kier alpha value is -1.40. The molecule has 0 saturated carbocycles. The maximum absolute atomic E-state index is 12.2. The first-order valence-electron chi connectivity index (χ1n) is 6.95. The summed E-state index contributed by atoms with van der Waals surface area (Å²) < 4.78 is 10.7. The molecule has 0 radical (unpaired) electrons. The predicted octanol–water partition coefficient (Wildman–Crippen LogP) is 2.05. The number of aliphatic hydroxyl groups excluding tert-OH is 1. The summed E-state index contributed by atoms with van der Waals surface area (Å²) in [6.45, 7) is 0.642. The Labute approximate surface area is 129 Å². The summed E-state index contributed by atoms with van der Waals surface area (Å²) in [5, 5.41) is 8.95. The number of benzene rings is 1. The molecule has 116 valence electrons. The quantitative estimate of drug-likeness (QED) is 0.871. The summed E-state index contributed by atoms with van der Waals surface area (Å²) in [5.74, 6) is 2.37. The highest BCUT2D eigenvalue weighted by atomic mass is 32.2. The number of methoxy groups -OCH3 is 2. The molecule has 21 heavy (non-hydrogen) atoms. The number of carbonyl (C=O) groups is 1. The summed E-state index contributed by atoms with van der Waals surface area (Å²) in [7, 11) is 3.23. The SMILES string of the molecule is COc1ccc(C2SCCC(=O)N2CCCO)c(OC)c1. The van der Waals surface area contributed by atoms with E-state index >= 15 is 0 Å². The van der Waals surface area contributed by atoms with E-state index in [1.54, 1.807) is 26.0 Å². The van der Waals surface area contributed by atoms with Crippen LogP contribution in [0.3, 0.4) is 0 Å². The summed E-state index contributed by atoms with van der Waals surface area (Å²) in [4.78, 5) is 14.0. The van der Waals surface area contributed by atoms with Crippen LogP contribution in [0.15, 0.2) is 18.2 Å². The summed E-state index contributed by atoms with van der Waals surface area (Å²) in [6.07, 6.45) is 1.13. The average Bonchev–Trinajstić information content (AvgIpc) is 2.53. The lowest BCUT2D eigenvalue weighted by molar-refractivity contribution is -0.132. The fraction of sp³-hybridized carbons (Fsp3) is 0.533. The molecule has 1 fully saturated rings. The van der Waals surface area contributed by atoms with Crippen molar-refractivity contribution >= 4 is 17.7 Å². The van der Waals surface area contributed by atoms with Crippen molar-refractivity contribution in [3.63, 3.8) is 0 Å². The molecule has 0 aromatic heterocycles. The van der Waals surface area contributed by atoms with Crippen molar-refractivity contribution < 1.29 is 19.4 Å². The van der Waals surface area contributed by atoms with Gasteiger partial charge in [-0.3, -0.25) is 4.79 Å². The number of amides is 1. The average molecular weight is 311 g/mol. The van der Waals surface area contributed by atoms with Gasteiger partial charge in [0.25, 0.3) is 0 Å². The van der Waals surface area contributed by atoms with E-state index in [0.717, 1.165) is 22.8 Å². The Morgan fingerprint density at radius 1 is 1.38 bits per heavy atom. The molecule has 0 aliphatic carbocycles. The van der Waals surface area contributed by atoms with Crippen molar-refractivity contribution in [2.45, 2.75) is 18.2 Å². The standard InChI is InChI=1S/C15H21NO4S/c1-19-11-4-5-12(13(10-11)20-2)15-16(7-3-8-17)14(18)6-9-21-15/h4-5,10,15,17H,3,6-9H2,1-2H3. The van der Waals surface area contributed by atoms with E-state index in [-0.39, 0.29) is 17.9 Å². The molecule has 1 atom stereocenters. The molecule has 1 aliphatic rings. The van der Waals surface area contributed by atoms with Crippen LogP contribution < -0.4 is 9.47 Å². The zero-order chi connectivity index (χ0) is 15.2. The highest BCUT2D eigenvalue weighted by Crippen LogP contribution is 2.42. The number of thioether (sulfide) groups is 1. The first-order valence-corrected chi connectivity index (χ1v) is 8.00. The zero-order valence-electron chi connectivity index (χ0n) is 12.4. The summed E-state index contributed by atoms with van der Waals surface area (Å²) in [6, 6.07) is 5.65. The van der Waals surface area contributed by atoms with Gasteiger partial charge >= 0.3 is 0 Å². The van der Waals surface area contributed by atoms with Crippen LogP contribution in [0.1, 0.15) is 23.8 Å². The van der Waals surface area contributed by atoms with E-state index in [0.29, 0.717) is 19.4 Å². The number of nitrogens with zero attached hydrogens (tertiary/aromatic N) is 1. The molecule has 1 heterocycles. The van der Waals surface area contributed by atoms with Gasteiger partial charge in [0.1, 0.15) is 16.9 Å². The lowest BCUT2D eigenvalue weighted by Crippen LogP contribution is -2.38. The highest BCUT2D eigenvalue weighted by Gasteiger charge is 2.31. The molecule has 1 aromatic carbocycles. The monoisotopic (exact) mass is 311 g/mol. The van der Waals surface area contributed by atoms with Gasteiger partial charge in [-0.25, -0.2) is 0 Å². The van der Waals surface area contributed by atoms with Gasteiger partial charge in [0.2, 0.25) is 5.91 Å². The number of hydrogen-bond donors (Lipinski definition) is 1. The number of aliphatic hydroxyl groups is 1. The van der Waals surface area contributed by atoms with Gasteiger partial charge in [0, 0.05) is 37.0 Å². The number of ether oxygens (including phenoxy) is 2. The molecule has 1 aliphatic heterocycles. The van der Waals surface area contributed by atoms with Crippen LogP contribution in [-0.2, 0) is 4.79 Å². The smallest absolute Gasteiger partial charge is 0.224 e. The Morgan fingerprint density at radius 2 is 2.19 bits per heavy atom. The molecular formula is C15H21NO4S. The molecular weight excluding hydrogens is 290 g/mol. The molecule has 0 bridgehead atoms. The van der Waals surface area contributed by atoms with E-state index in [1.807, 2.05) is 23.1 Å². The molecule has 1 N–H and O–H groups in total. The van der Waals surface area contributed by atoms with E-state index in [9.17, 15) is 4.79 Å². The fourth-order valence-corrected chi connectivity index (χ4v) is 3.68. The first kappa shape index (κ1) is 16.0. The molecule has 0 spiro atoms. The van der Waals surface area contributed by atoms with Crippen LogP contribution in [-0.4, -0.2) is 49.0 Å². The normalized spacial score (nSPS) is 18.7. The third-order valence-corrected chi connectivity index (χ3v) is 4.72. The minimum Gasteiger partial charge on any atom is -0.497 e. The van der Waals surface area contributed by atoms with Gasteiger partial charge in [-0.1, -0.05) is 0 Å². The van der Waals surface area contributed by atoms with Gasteiger partial charge in [-0.05, 0) is 18.6 Å². The third-order valence-electron chi connectivity index (χ3n) is 3.46. The van der Waals surface area contributed by atoms with Gasteiger partial charge in [-0.2, -0.15) is 0 Å². The molecule has 1 amide bonds. The van der Waals surface area contributed by atoms with E-state index in [1.165, 1.54) is 0 Å². The minimum absolute atomic E-state index is 0.0707. The lowest BCUT2D eigenvalue weighted by atomic mass is 10.1. The summed E-state index contributed by atoms with van der Waals surface area (Å²) in [5.41, 5.74) is 0.967. The van der Waals surface area contributed by atoms with Crippen LogP contribution in [0.5, 0.6) is 11.5 Å². The number of rotatable bonds is 6. The van der Waals surface area contributed by atoms with E-state index in [2.05, 4.69) is 0 Å². The molecule has 1 unspecified atom stereocenters. The molecule has 2 rings (SSSR count). The first-order chi connectivity index (χ1) is 10.2. The largest absolute Gasteiger partial charge is 0.497 e. The maximum Gasteiger partial charge on any atom is 0.224 e. The Kier molecular flexibility index (Phi) is 5.76. The maximum atomic E-state index is 12.2. The van der Waals surface area contributed by atoms with Crippen LogP contribution in [0.2, 0.25) is 0 Å². The van der Waals surface area contributed by atoms with Crippen LogP contribution in [0.4, 0.5) is 0 Å². The zero-order valence-corrected chi connectivity index (χ0v) is 13.2. The minimum atomic E-state index is -0.0707. The summed E-state index contributed by atoms with van der Waals surface area (Å²) >= 11 is 1.72. The van der Waals surface area contributed by atoms with Crippen molar-refractivity contribution in [3.8, 4) is 11.5 Å². The molecule has 1 aromatic rings. The van der Waals surface area contributed by atoms with Crippen molar-refractivity contribution in [3.05, 3.63) is 23.8 Å². The van der Waals surface area contributed by atoms with Crippen molar-refractivity contribution in [2.24, 2.45) is 0 Å². The van der Waals surface area contributed by atoms with Gasteiger partial charge in [0.15, 0.2) is 0 Å². The molecule has 5 nitrogen and oxygen atoms in total. The van der Waals surface area contributed by atoms with Crippen LogP contribution in [0.25, 0.3) is 0 Å². The van der Waals surface area contributed by atoms with Gasteiger partial charge in [0.05, 0.1) is 14.2 Å². The third kappa shape index (κ3) is 3.63. The Balaban J connectivity index is 2.30. The van der Waals surface area contributed by atoms with Gasteiger partial charge < -0.3 is 19.5 Å². The van der Waals surface area contributed by atoms with Crippen molar-refractivity contribution in [1.29, 1.82) is 0 Å². The predicted molar refractivity (Wildman–Crippen MR) is 82.8 cm³/mol. The van der Waals surface area contributed by atoms with Crippen molar-refractivity contribution in [1.82, 2.24) is 4.90 Å². The Morgan fingerprint density at radius 3 is 2.86 bits per heavy atom. The second-order valence-corrected chi connectivity index (χ2v) is 5.93. The molecule has 6 heteroatoms. The topological polar surface area (TPSA) is 59.0 Å². The van der Waals surface area contributed by atoms with Gasteiger partial charge in [-0.15, -0.1) is 11.8 Å². The molecule has 1 saturated heterocycles. The van der Waals surface area contributed by atoms with Crippen molar-refractivity contribution in [2.75, 3.05) is 33.1 Å². The van der Waals surface area contributed by atoms with E-state index < -0.39 is 0 Å². The number of hydrogen-bond acceptors (Lipinski definition) is 5. The second kappa shape index (κ2) is 7.56. The lowest BCUT2D eigenvalue weighted by Gasteiger charge is -2.36. The van der Waals surface area contributed by atoms with Crippen LogP contribution >= 0.6 is 11.8 Å². The highest BCUT2D eigenvalue weighted by molar-refractivity contribution is 7.99. The van der Waals surface area contributed by atoms with E-state index in [4.69, 9.17) is 14.6 Å². The second-order valence-electron chi connectivity index (χ2n) is 4.75. The Bertz CT molecular complexity index is 495. The van der Waals surface area contributed by atoms with Crippen LogP contribution in [0, 0.1) is 0 Å². The number of carbonyl (C=O) groups excluding carboxylic acids is 1.